The summed E-state index contributed by atoms with van der Waals surface area (Å²) in [4.78, 5) is 7.22. The number of fused-ring (bicyclic) bond motifs is 1. The fourth-order valence-corrected chi connectivity index (χ4v) is 4.24. The molecule has 1 aliphatic carbocycles. The molecule has 3 heterocycles. The van der Waals surface area contributed by atoms with Gasteiger partial charge in [-0.2, -0.15) is 0 Å². The zero-order chi connectivity index (χ0) is 17.0. The number of para-hydroxylation sites is 1. The van der Waals surface area contributed by atoms with E-state index in [1.54, 1.807) is 0 Å². The standard InChI is InChI=1S/C21H24N4/c1-13-8-9-18(23-10-13)15-6-3-7-16-20(22)17-11-25(14-4-2-5-14)12-19(17)24-21(15)16/h3,6-10,14,20,24H,2,4-5,11-12,22H2,1H3. The van der Waals surface area contributed by atoms with Crippen molar-refractivity contribution in [3.8, 4) is 11.3 Å². The second-order valence-corrected chi connectivity index (χ2v) is 7.59. The van der Waals surface area contributed by atoms with Crippen molar-refractivity contribution in [2.45, 2.75) is 38.3 Å². The zero-order valence-electron chi connectivity index (χ0n) is 14.6. The zero-order valence-corrected chi connectivity index (χ0v) is 14.6. The molecule has 1 aromatic carbocycles. The molecule has 1 saturated carbocycles. The first-order valence-corrected chi connectivity index (χ1v) is 9.25. The van der Waals surface area contributed by atoms with Gasteiger partial charge in [-0.25, -0.2) is 0 Å². The first kappa shape index (κ1) is 15.1. The van der Waals surface area contributed by atoms with E-state index in [2.05, 4.69) is 52.5 Å². The summed E-state index contributed by atoms with van der Waals surface area (Å²) in [6, 6.07) is 11.3. The average molecular weight is 332 g/mol. The highest BCUT2D eigenvalue weighted by atomic mass is 15.2. The van der Waals surface area contributed by atoms with Crippen molar-refractivity contribution in [3.63, 3.8) is 0 Å². The summed E-state index contributed by atoms with van der Waals surface area (Å²) >= 11 is 0. The minimum Gasteiger partial charge on any atom is -0.357 e. The van der Waals surface area contributed by atoms with E-state index < -0.39 is 0 Å². The lowest BCUT2D eigenvalue weighted by Gasteiger charge is -2.34. The van der Waals surface area contributed by atoms with Gasteiger partial charge in [0.1, 0.15) is 0 Å². The Labute approximate surface area is 148 Å². The highest BCUT2D eigenvalue weighted by molar-refractivity contribution is 5.82. The predicted octanol–water partition coefficient (Wildman–Crippen LogP) is 3.60. The van der Waals surface area contributed by atoms with Gasteiger partial charge in [-0.1, -0.05) is 30.7 Å². The lowest BCUT2D eigenvalue weighted by atomic mass is 9.90. The summed E-state index contributed by atoms with van der Waals surface area (Å²) in [5, 5.41) is 3.72. The molecule has 128 valence electrons. The highest BCUT2D eigenvalue weighted by Gasteiger charge is 2.37. The fourth-order valence-electron chi connectivity index (χ4n) is 4.24. The smallest absolute Gasteiger partial charge is 0.0723 e. The Kier molecular flexibility index (Phi) is 3.43. The first-order valence-electron chi connectivity index (χ1n) is 9.25. The van der Waals surface area contributed by atoms with Crippen LogP contribution in [-0.2, 0) is 0 Å². The summed E-state index contributed by atoms with van der Waals surface area (Å²) in [6.45, 7) is 4.08. The van der Waals surface area contributed by atoms with Gasteiger partial charge in [-0.3, -0.25) is 9.88 Å². The topological polar surface area (TPSA) is 54.2 Å². The minimum absolute atomic E-state index is 0.0123. The number of hydrogen-bond acceptors (Lipinski definition) is 4. The number of nitrogens with one attached hydrogen (secondary N) is 1. The molecule has 1 aromatic heterocycles. The summed E-state index contributed by atoms with van der Waals surface area (Å²) < 4.78 is 0. The van der Waals surface area contributed by atoms with Crippen molar-refractivity contribution in [3.05, 3.63) is 58.9 Å². The van der Waals surface area contributed by atoms with Crippen molar-refractivity contribution in [1.82, 2.24) is 9.88 Å². The number of rotatable bonds is 2. The molecule has 4 heteroatoms. The number of aryl methyl sites for hydroxylation is 1. The molecule has 0 amide bonds. The van der Waals surface area contributed by atoms with Gasteiger partial charge in [0.2, 0.25) is 0 Å². The number of aromatic nitrogens is 1. The van der Waals surface area contributed by atoms with Crippen LogP contribution < -0.4 is 11.1 Å². The fraction of sp³-hybridized carbons (Fsp3) is 0.381. The van der Waals surface area contributed by atoms with E-state index in [0.717, 1.165) is 36.1 Å². The van der Waals surface area contributed by atoms with E-state index in [1.165, 1.54) is 41.7 Å². The molecular formula is C21H24N4. The quantitative estimate of drug-likeness (QED) is 0.882. The molecule has 2 aromatic rings. The maximum absolute atomic E-state index is 6.68. The van der Waals surface area contributed by atoms with Gasteiger partial charge in [-0.15, -0.1) is 0 Å². The molecule has 1 atom stereocenters. The number of pyridine rings is 1. The van der Waals surface area contributed by atoms with E-state index in [-0.39, 0.29) is 6.04 Å². The first-order chi connectivity index (χ1) is 12.2. The molecule has 0 radical (unpaired) electrons. The van der Waals surface area contributed by atoms with Crippen LogP contribution in [0, 0.1) is 6.92 Å². The van der Waals surface area contributed by atoms with Crippen LogP contribution in [0.1, 0.15) is 36.4 Å². The van der Waals surface area contributed by atoms with Gasteiger partial charge < -0.3 is 11.1 Å². The summed E-state index contributed by atoms with van der Waals surface area (Å²) in [6.07, 6.45) is 5.97. The number of benzene rings is 1. The lowest BCUT2D eigenvalue weighted by molar-refractivity contribution is 0.161. The lowest BCUT2D eigenvalue weighted by Crippen LogP contribution is -2.39. The molecule has 25 heavy (non-hydrogen) atoms. The SMILES string of the molecule is Cc1ccc(-c2cccc3c2NC2=C(CN(C4CCC4)C2)C3N)nc1. The predicted molar refractivity (Wildman–Crippen MR) is 101 cm³/mol. The monoisotopic (exact) mass is 332 g/mol. The van der Waals surface area contributed by atoms with Crippen LogP contribution in [0.2, 0.25) is 0 Å². The van der Waals surface area contributed by atoms with Gasteiger partial charge in [0, 0.05) is 36.6 Å². The number of nitrogens with zero attached hydrogens (tertiary/aromatic N) is 2. The van der Waals surface area contributed by atoms with Crippen LogP contribution in [0.3, 0.4) is 0 Å². The summed E-state index contributed by atoms with van der Waals surface area (Å²) in [7, 11) is 0. The second kappa shape index (κ2) is 5.68. The van der Waals surface area contributed by atoms with Crippen LogP contribution in [0.25, 0.3) is 11.3 Å². The molecule has 1 fully saturated rings. The Hall–Kier alpha value is -2.17. The van der Waals surface area contributed by atoms with Crippen molar-refractivity contribution < 1.29 is 0 Å². The molecule has 0 spiro atoms. The largest absolute Gasteiger partial charge is 0.357 e. The van der Waals surface area contributed by atoms with Crippen LogP contribution >= 0.6 is 0 Å². The van der Waals surface area contributed by atoms with E-state index in [4.69, 9.17) is 5.73 Å². The van der Waals surface area contributed by atoms with E-state index >= 15 is 0 Å². The number of anilines is 1. The van der Waals surface area contributed by atoms with Gasteiger partial charge in [0.15, 0.2) is 0 Å². The van der Waals surface area contributed by atoms with Crippen molar-refractivity contribution in [2.75, 3.05) is 18.4 Å². The van der Waals surface area contributed by atoms with E-state index in [9.17, 15) is 0 Å². The highest BCUT2D eigenvalue weighted by Crippen LogP contribution is 2.43. The molecule has 5 rings (SSSR count). The third kappa shape index (κ3) is 2.40. The minimum atomic E-state index is -0.0123. The Balaban J connectivity index is 1.51. The Morgan fingerprint density at radius 1 is 1.16 bits per heavy atom. The van der Waals surface area contributed by atoms with Gasteiger partial charge in [-0.05, 0) is 42.5 Å². The van der Waals surface area contributed by atoms with E-state index in [1.807, 2.05) is 6.20 Å². The number of nitrogens with two attached hydrogens (primary N) is 1. The molecule has 3 N–H and O–H groups in total. The van der Waals surface area contributed by atoms with Gasteiger partial charge >= 0.3 is 0 Å². The number of hydrogen-bond donors (Lipinski definition) is 2. The van der Waals surface area contributed by atoms with Crippen LogP contribution in [0.15, 0.2) is 47.8 Å². The normalized spacial score (nSPS) is 23.0. The van der Waals surface area contributed by atoms with Gasteiger partial charge in [0.25, 0.3) is 0 Å². The second-order valence-electron chi connectivity index (χ2n) is 7.59. The Bertz CT molecular complexity index is 849. The van der Waals surface area contributed by atoms with Crippen LogP contribution in [0.5, 0.6) is 0 Å². The maximum atomic E-state index is 6.68. The van der Waals surface area contributed by atoms with Gasteiger partial charge in [0.05, 0.1) is 17.4 Å². The molecule has 3 aliphatic rings. The molecule has 2 aliphatic heterocycles. The van der Waals surface area contributed by atoms with E-state index in [0.29, 0.717) is 0 Å². The van der Waals surface area contributed by atoms with Crippen molar-refractivity contribution in [1.29, 1.82) is 0 Å². The molecular weight excluding hydrogens is 308 g/mol. The van der Waals surface area contributed by atoms with Crippen molar-refractivity contribution in [2.24, 2.45) is 5.73 Å². The molecule has 0 bridgehead atoms. The van der Waals surface area contributed by atoms with Crippen LogP contribution in [0.4, 0.5) is 5.69 Å². The summed E-state index contributed by atoms with van der Waals surface area (Å²) in [5.74, 6) is 0. The third-order valence-electron chi connectivity index (χ3n) is 5.98. The maximum Gasteiger partial charge on any atom is 0.0723 e. The van der Waals surface area contributed by atoms with Crippen LogP contribution in [-0.4, -0.2) is 29.0 Å². The summed E-state index contributed by atoms with van der Waals surface area (Å²) in [5.41, 5.74) is 15.0. The molecule has 1 unspecified atom stereocenters. The Morgan fingerprint density at radius 3 is 2.76 bits per heavy atom. The molecule has 4 nitrogen and oxygen atoms in total. The third-order valence-corrected chi connectivity index (χ3v) is 5.98. The Morgan fingerprint density at radius 2 is 2.04 bits per heavy atom. The molecule has 0 saturated heterocycles. The van der Waals surface area contributed by atoms with Crippen molar-refractivity contribution >= 4 is 5.69 Å². The average Bonchev–Trinajstić information content (AvgIpc) is 2.97.